The van der Waals surface area contributed by atoms with Crippen LogP contribution in [0, 0.1) is 0 Å². The number of amides is 1. The Kier molecular flexibility index (Phi) is 2.49. The smallest absolute Gasteiger partial charge is 0.211 e. The van der Waals surface area contributed by atoms with E-state index in [1.807, 2.05) is 18.2 Å². The van der Waals surface area contributed by atoms with Crippen molar-refractivity contribution < 1.29 is 9.53 Å². The van der Waals surface area contributed by atoms with Crippen LogP contribution in [-0.4, -0.2) is 18.5 Å². The molecule has 1 N–H and O–H groups in total. The van der Waals surface area contributed by atoms with E-state index < -0.39 is 0 Å². The maximum atomic E-state index is 10.4. The number of rotatable bonds is 3. The van der Waals surface area contributed by atoms with E-state index in [9.17, 15) is 4.79 Å². The summed E-state index contributed by atoms with van der Waals surface area (Å²) in [6.07, 6.45) is 2.31. The van der Waals surface area contributed by atoms with Crippen LogP contribution in [-0.2, 0) is 4.79 Å². The lowest BCUT2D eigenvalue weighted by Gasteiger charge is -2.07. The van der Waals surface area contributed by atoms with Crippen molar-refractivity contribution in [3.8, 4) is 5.75 Å². The van der Waals surface area contributed by atoms with Crippen LogP contribution in [0.2, 0.25) is 0 Å². The zero-order valence-electron chi connectivity index (χ0n) is 8.23. The number of benzene rings is 1. The molecule has 0 aliphatic heterocycles. The van der Waals surface area contributed by atoms with Crippen LogP contribution in [0.3, 0.4) is 0 Å². The number of carbonyl (C=O) groups excluding carboxylic acids is 1. The van der Waals surface area contributed by atoms with Gasteiger partial charge in [0.15, 0.2) is 0 Å². The van der Waals surface area contributed by atoms with Crippen LogP contribution in [0.25, 0.3) is 10.9 Å². The minimum atomic E-state index is 0.628. The van der Waals surface area contributed by atoms with Crippen LogP contribution in [0.5, 0.6) is 5.75 Å². The molecule has 0 aliphatic carbocycles. The van der Waals surface area contributed by atoms with Crippen molar-refractivity contribution >= 4 is 23.0 Å². The van der Waals surface area contributed by atoms with E-state index in [2.05, 4.69) is 10.3 Å². The molecule has 15 heavy (non-hydrogen) atoms. The van der Waals surface area contributed by atoms with Gasteiger partial charge in [-0.05, 0) is 12.1 Å². The molecule has 0 saturated carbocycles. The van der Waals surface area contributed by atoms with Gasteiger partial charge in [-0.25, -0.2) is 0 Å². The molecule has 4 nitrogen and oxygen atoms in total. The second-order valence-corrected chi connectivity index (χ2v) is 3.01. The number of fused-ring (bicyclic) bond motifs is 1. The second kappa shape index (κ2) is 3.96. The summed E-state index contributed by atoms with van der Waals surface area (Å²) < 4.78 is 5.13. The number of hydrogen-bond donors (Lipinski definition) is 1. The van der Waals surface area contributed by atoms with Crippen molar-refractivity contribution in [2.75, 3.05) is 12.4 Å². The summed E-state index contributed by atoms with van der Waals surface area (Å²) >= 11 is 0. The molecule has 0 aliphatic rings. The molecule has 0 spiro atoms. The Balaban J connectivity index is 2.68. The standard InChI is InChI=1S/C11H10N2O2/c1-15-9-5-8-3-2-4-12-11(8)10(6-9)13-7-14/h2-7H,1H3,(H,13,14). The summed E-state index contributed by atoms with van der Waals surface area (Å²) in [4.78, 5) is 14.6. The topological polar surface area (TPSA) is 51.2 Å². The molecular weight excluding hydrogens is 192 g/mol. The van der Waals surface area contributed by atoms with E-state index in [1.165, 1.54) is 0 Å². The quantitative estimate of drug-likeness (QED) is 0.772. The van der Waals surface area contributed by atoms with E-state index in [-0.39, 0.29) is 0 Å². The average Bonchev–Trinajstić information content (AvgIpc) is 2.29. The van der Waals surface area contributed by atoms with Gasteiger partial charge in [0.05, 0.1) is 18.3 Å². The van der Waals surface area contributed by atoms with Crippen molar-refractivity contribution in [1.82, 2.24) is 4.98 Å². The summed E-state index contributed by atoms with van der Waals surface area (Å²) in [6.45, 7) is 0. The molecule has 0 radical (unpaired) electrons. The number of pyridine rings is 1. The van der Waals surface area contributed by atoms with Crippen LogP contribution < -0.4 is 10.1 Å². The number of hydrogen-bond acceptors (Lipinski definition) is 3. The maximum absolute atomic E-state index is 10.4. The summed E-state index contributed by atoms with van der Waals surface area (Å²) in [5, 5.41) is 3.53. The highest BCUT2D eigenvalue weighted by atomic mass is 16.5. The van der Waals surface area contributed by atoms with Gasteiger partial charge >= 0.3 is 0 Å². The molecule has 1 aromatic carbocycles. The largest absolute Gasteiger partial charge is 0.497 e. The first kappa shape index (κ1) is 9.45. The van der Waals surface area contributed by atoms with Gasteiger partial charge in [-0.1, -0.05) is 6.07 Å². The number of carbonyl (C=O) groups is 1. The highest BCUT2D eigenvalue weighted by Gasteiger charge is 2.04. The first-order chi connectivity index (χ1) is 7.35. The normalized spacial score (nSPS) is 9.93. The second-order valence-electron chi connectivity index (χ2n) is 3.01. The third-order valence-corrected chi connectivity index (χ3v) is 2.13. The van der Waals surface area contributed by atoms with E-state index in [1.54, 1.807) is 19.4 Å². The Hall–Kier alpha value is -2.10. The van der Waals surface area contributed by atoms with Gasteiger partial charge in [-0.3, -0.25) is 9.78 Å². The molecule has 0 atom stereocenters. The van der Waals surface area contributed by atoms with Crippen LogP contribution >= 0.6 is 0 Å². The molecule has 0 bridgehead atoms. The Labute approximate surface area is 86.9 Å². The first-order valence-electron chi connectivity index (χ1n) is 4.48. The van der Waals surface area contributed by atoms with Crippen molar-refractivity contribution in [2.45, 2.75) is 0 Å². The highest BCUT2D eigenvalue weighted by molar-refractivity contribution is 5.95. The number of aromatic nitrogens is 1. The fourth-order valence-corrected chi connectivity index (χ4v) is 1.46. The van der Waals surface area contributed by atoms with Crippen molar-refractivity contribution in [1.29, 1.82) is 0 Å². The summed E-state index contributed by atoms with van der Waals surface area (Å²) in [5.74, 6) is 0.694. The predicted octanol–water partition coefficient (Wildman–Crippen LogP) is 1.81. The number of methoxy groups -OCH3 is 1. The summed E-state index contributed by atoms with van der Waals surface area (Å²) in [5.41, 5.74) is 1.41. The van der Waals surface area contributed by atoms with Crippen molar-refractivity contribution in [3.05, 3.63) is 30.5 Å². The maximum Gasteiger partial charge on any atom is 0.211 e. The van der Waals surface area contributed by atoms with Gasteiger partial charge < -0.3 is 10.1 Å². The van der Waals surface area contributed by atoms with Crippen molar-refractivity contribution in [3.63, 3.8) is 0 Å². The van der Waals surface area contributed by atoms with E-state index in [4.69, 9.17) is 4.74 Å². The van der Waals surface area contributed by atoms with E-state index in [0.29, 0.717) is 17.8 Å². The molecular formula is C11H10N2O2. The number of nitrogens with one attached hydrogen (secondary N) is 1. The Morgan fingerprint density at radius 3 is 3.07 bits per heavy atom. The third kappa shape index (κ3) is 1.74. The van der Waals surface area contributed by atoms with Gasteiger partial charge in [-0.15, -0.1) is 0 Å². The highest BCUT2D eigenvalue weighted by Crippen LogP contribution is 2.26. The third-order valence-electron chi connectivity index (χ3n) is 2.13. The molecule has 0 saturated heterocycles. The SMILES string of the molecule is COc1cc(NC=O)c2ncccc2c1. The summed E-state index contributed by atoms with van der Waals surface area (Å²) in [7, 11) is 1.59. The fourth-order valence-electron chi connectivity index (χ4n) is 1.46. The molecule has 1 aromatic heterocycles. The molecule has 4 heteroatoms. The first-order valence-corrected chi connectivity index (χ1v) is 4.48. The lowest BCUT2D eigenvalue weighted by Crippen LogP contribution is -1.97. The minimum Gasteiger partial charge on any atom is -0.497 e. The molecule has 76 valence electrons. The van der Waals surface area contributed by atoms with Gasteiger partial charge in [-0.2, -0.15) is 0 Å². The molecule has 2 aromatic rings. The average molecular weight is 202 g/mol. The van der Waals surface area contributed by atoms with Crippen LogP contribution in [0.4, 0.5) is 5.69 Å². The number of anilines is 1. The van der Waals surface area contributed by atoms with E-state index >= 15 is 0 Å². The Morgan fingerprint density at radius 2 is 2.33 bits per heavy atom. The monoisotopic (exact) mass is 202 g/mol. The Bertz CT molecular complexity index is 497. The summed E-state index contributed by atoms with van der Waals surface area (Å²) in [6, 6.07) is 7.37. The van der Waals surface area contributed by atoms with Gasteiger partial charge in [0.2, 0.25) is 6.41 Å². The molecule has 1 heterocycles. The van der Waals surface area contributed by atoms with E-state index in [0.717, 1.165) is 10.9 Å². The Morgan fingerprint density at radius 1 is 1.47 bits per heavy atom. The predicted molar refractivity (Wildman–Crippen MR) is 58.0 cm³/mol. The van der Waals surface area contributed by atoms with Crippen LogP contribution in [0.15, 0.2) is 30.5 Å². The lowest BCUT2D eigenvalue weighted by molar-refractivity contribution is -0.105. The number of nitrogens with zero attached hydrogens (tertiary/aromatic N) is 1. The molecule has 0 unspecified atom stereocenters. The molecule has 2 rings (SSSR count). The van der Waals surface area contributed by atoms with Crippen LogP contribution in [0.1, 0.15) is 0 Å². The van der Waals surface area contributed by atoms with Crippen molar-refractivity contribution in [2.24, 2.45) is 0 Å². The molecule has 0 fully saturated rings. The zero-order valence-corrected chi connectivity index (χ0v) is 8.23. The minimum absolute atomic E-state index is 0.628. The van der Waals surface area contributed by atoms with Gasteiger partial charge in [0.1, 0.15) is 5.75 Å². The fraction of sp³-hybridized carbons (Fsp3) is 0.0909. The molecule has 1 amide bonds. The van der Waals surface area contributed by atoms with Gasteiger partial charge in [0, 0.05) is 17.6 Å². The lowest BCUT2D eigenvalue weighted by atomic mass is 10.2. The number of ether oxygens (including phenoxy) is 1. The van der Waals surface area contributed by atoms with Gasteiger partial charge in [0.25, 0.3) is 0 Å². The zero-order chi connectivity index (χ0) is 10.7.